The lowest BCUT2D eigenvalue weighted by Gasteiger charge is -2.41. The van der Waals surface area contributed by atoms with Crippen LogP contribution in [0.1, 0.15) is 24.0 Å². The van der Waals surface area contributed by atoms with Gasteiger partial charge in [0.15, 0.2) is 5.60 Å². The van der Waals surface area contributed by atoms with Gasteiger partial charge in [-0.3, -0.25) is 0 Å². The fraction of sp³-hybridized carbons (Fsp3) is 0.333. The van der Waals surface area contributed by atoms with Crippen LogP contribution in [0.4, 0.5) is 0 Å². The summed E-state index contributed by atoms with van der Waals surface area (Å²) in [5.41, 5.74) is -0.438. The highest BCUT2D eigenvalue weighted by atomic mass is 16.6. The summed E-state index contributed by atoms with van der Waals surface area (Å²) in [6, 6.07) is 6.93. The highest BCUT2D eigenvalue weighted by molar-refractivity contribution is 5.87. The molecule has 3 rings (SSSR count). The minimum Gasteiger partial charge on any atom is -0.497 e. The Bertz CT molecular complexity index is 1030. The molecule has 1 fully saturated rings. The molecular formula is C24H26N2O8. The third-order valence-corrected chi connectivity index (χ3v) is 5.38. The van der Waals surface area contributed by atoms with Crippen molar-refractivity contribution in [3.63, 3.8) is 0 Å². The number of ether oxygens (including phenoxy) is 3. The molecule has 1 heterocycles. The Balaban J connectivity index is 1.65. The maximum Gasteiger partial charge on any atom is 0.336 e. The summed E-state index contributed by atoms with van der Waals surface area (Å²) in [5.74, 6) is -1.46. The van der Waals surface area contributed by atoms with Gasteiger partial charge < -0.3 is 29.5 Å². The molecule has 180 valence electrons. The summed E-state index contributed by atoms with van der Waals surface area (Å²) >= 11 is 0. The lowest BCUT2D eigenvalue weighted by Crippen LogP contribution is -2.58. The lowest BCUT2D eigenvalue weighted by molar-refractivity contribution is -0.204. The van der Waals surface area contributed by atoms with E-state index < -0.39 is 35.9 Å². The zero-order valence-electron chi connectivity index (χ0n) is 18.5. The maximum atomic E-state index is 12.3. The second-order valence-electron chi connectivity index (χ2n) is 7.73. The number of esters is 1. The summed E-state index contributed by atoms with van der Waals surface area (Å²) in [7, 11) is 1.54. The van der Waals surface area contributed by atoms with Crippen LogP contribution in [0.25, 0.3) is 12.2 Å². The number of methoxy groups -OCH3 is 1. The zero-order chi connectivity index (χ0) is 24.6. The zero-order valence-corrected chi connectivity index (χ0v) is 18.5. The van der Waals surface area contributed by atoms with Crippen molar-refractivity contribution in [2.45, 2.75) is 36.8 Å². The van der Waals surface area contributed by atoms with E-state index >= 15 is 0 Å². The van der Waals surface area contributed by atoms with E-state index in [1.165, 1.54) is 12.4 Å². The van der Waals surface area contributed by atoms with Crippen LogP contribution in [0.2, 0.25) is 0 Å². The van der Waals surface area contributed by atoms with Crippen molar-refractivity contribution < 1.29 is 39.1 Å². The number of benzene rings is 1. The van der Waals surface area contributed by atoms with Gasteiger partial charge in [0, 0.05) is 36.9 Å². The van der Waals surface area contributed by atoms with E-state index in [-0.39, 0.29) is 19.4 Å². The molecule has 0 aliphatic heterocycles. The molecule has 0 saturated heterocycles. The molecule has 1 aliphatic rings. The van der Waals surface area contributed by atoms with Crippen molar-refractivity contribution in [1.82, 2.24) is 9.97 Å². The number of hydrogen-bond donors (Lipinski definition) is 3. The molecule has 1 aromatic carbocycles. The van der Waals surface area contributed by atoms with E-state index in [4.69, 9.17) is 14.2 Å². The highest BCUT2D eigenvalue weighted by Crippen LogP contribution is 2.34. The molecule has 1 aliphatic carbocycles. The van der Waals surface area contributed by atoms with Crippen LogP contribution in [0.3, 0.4) is 0 Å². The van der Waals surface area contributed by atoms with Crippen LogP contribution in [0, 0.1) is 0 Å². The Morgan fingerprint density at radius 1 is 1.09 bits per heavy atom. The highest BCUT2D eigenvalue weighted by Gasteiger charge is 2.52. The Morgan fingerprint density at radius 2 is 1.79 bits per heavy atom. The molecular weight excluding hydrogens is 444 g/mol. The predicted molar refractivity (Wildman–Crippen MR) is 121 cm³/mol. The van der Waals surface area contributed by atoms with Crippen molar-refractivity contribution in [3.05, 3.63) is 66.3 Å². The number of rotatable bonds is 9. The second-order valence-corrected chi connectivity index (χ2v) is 7.73. The van der Waals surface area contributed by atoms with E-state index in [2.05, 4.69) is 9.97 Å². The fourth-order valence-corrected chi connectivity index (χ4v) is 3.56. The number of nitrogens with zero attached hydrogens (tertiary/aromatic N) is 2. The summed E-state index contributed by atoms with van der Waals surface area (Å²) in [5, 5.41) is 30.4. The number of carbonyl (C=O) groups is 2. The molecule has 0 bridgehead atoms. The van der Waals surface area contributed by atoms with Crippen molar-refractivity contribution in [3.8, 4) is 5.75 Å². The number of carboxylic acid groups (broad SMARTS) is 1. The van der Waals surface area contributed by atoms with E-state index in [9.17, 15) is 24.9 Å². The van der Waals surface area contributed by atoms with Gasteiger partial charge in [-0.25, -0.2) is 19.6 Å². The van der Waals surface area contributed by atoms with Gasteiger partial charge in [-0.15, -0.1) is 0 Å². The quantitative estimate of drug-likeness (QED) is 0.363. The number of aromatic nitrogens is 2. The number of aliphatic hydroxyl groups is 2. The van der Waals surface area contributed by atoms with E-state index in [1.807, 2.05) is 0 Å². The predicted octanol–water partition coefficient (Wildman–Crippen LogP) is 1.48. The van der Waals surface area contributed by atoms with E-state index in [1.54, 1.807) is 55.9 Å². The second kappa shape index (κ2) is 11.5. The molecule has 0 unspecified atom stereocenters. The van der Waals surface area contributed by atoms with Crippen LogP contribution in [0.15, 0.2) is 55.1 Å². The molecule has 10 nitrogen and oxygen atoms in total. The number of aliphatic hydroxyl groups excluding tert-OH is 2. The Kier molecular flexibility index (Phi) is 8.47. The van der Waals surface area contributed by atoms with Gasteiger partial charge in [0.05, 0.1) is 19.8 Å². The van der Waals surface area contributed by atoms with Gasteiger partial charge in [0.25, 0.3) is 0 Å². The fourth-order valence-electron chi connectivity index (χ4n) is 3.56. The molecule has 34 heavy (non-hydrogen) atoms. The third-order valence-electron chi connectivity index (χ3n) is 5.38. The largest absolute Gasteiger partial charge is 0.497 e. The minimum absolute atomic E-state index is 0.0952. The first kappa shape index (κ1) is 25.0. The lowest BCUT2D eigenvalue weighted by atomic mass is 9.79. The molecule has 1 saturated carbocycles. The molecule has 0 amide bonds. The van der Waals surface area contributed by atoms with Crippen LogP contribution >= 0.6 is 0 Å². The topological polar surface area (TPSA) is 148 Å². The third kappa shape index (κ3) is 6.47. The number of aliphatic carboxylic acids is 1. The van der Waals surface area contributed by atoms with Crippen molar-refractivity contribution >= 4 is 24.1 Å². The standard InChI is InChI=1S/C24H26N2O8/c1-32-18-7-4-16(5-8-18)6-9-21(28)34-20-12-24(23(30)31,11-19(27)22(20)29)33-10-2-3-17-13-25-15-26-14-17/h2-9,13-15,19-20,22,27,29H,10-12H2,1H3,(H,30,31)/b3-2-,9-6+/t19-,20+,22+,24-/m0/s1. The van der Waals surface area contributed by atoms with Gasteiger partial charge in [-0.05, 0) is 23.8 Å². The van der Waals surface area contributed by atoms with Crippen molar-refractivity contribution in [2.75, 3.05) is 13.7 Å². The Hall–Kier alpha value is -3.60. The number of carboxylic acids is 1. The summed E-state index contributed by atoms with van der Waals surface area (Å²) < 4.78 is 16.0. The van der Waals surface area contributed by atoms with Gasteiger partial charge in [-0.2, -0.15) is 0 Å². The van der Waals surface area contributed by atoms with E-state index in [0.717, 1.165) is 6.08 Å². The average molecular weight is 470 g/mol. The first-order valence-corrected chi connectivity index (χ1v) is 10.5. The molecule has 2 aromatic rings. The van der Waals surface area contributed by atoms with Crippen molar-refractivity contribution in [1.29, 1.82) is 0 Å². The molecule has 3 N–H and O–H groups in total. The summed E-state index contributed by atoms with van der Waals surface area (Å²) in [6.07, 6.45) is 5.56. The van der Waals surface area contributed by atoms with E-state index in [0.29, 0.717) is 16.9 Å². The van der Waals surface area contributed by atoms with Gasteiger partial charge in [0.2, 0.25) is 0 Å². The number of carbonyl (C=O) groups excluding carboxylic acids is 1. The Morgan fingerprint density at radius 3 is 2.44 bits per heavy atom. The molecule has 0 spiro atoms. The summed E-state index contributed by atoms with van der Waals surface area (Å²) in [6.45, 7) is -0.0952. The average Bonchev–Trinajstić information content (AvgIpc) is 2.84. The van der Waals surface area contributed by atoms with Crippen LogP contribution < -0.4 is 4.74 Å². The SMILES string of the molecule is COc1ccc(/C=C/C(=O)O[C@@H]2C[C@](OC/C=C\c3cncnc3)(C(=O)O)C[C@H](O)[C@H]2O)cc1. The van der Waals surface area contributed by atoms with Crippen LogP contribution in [-0.4, -0.2) is 74.9 Å². The molecule has 10 heteroatoms. The van der Waals surface area contributed by atoms with Gasteiger partial charge in [0.1, 0.15) is 24.3 Å². The van der Waals surface area contributed by atoms with Gasteiger partial charge >= 0.3 is 11.9 Å². The molecule has 1 aromatic heterocycles. The van der Waals surface area contributed by atoms with Crippen molar-refractivity contribution in [2.24, 2.45) is 0 Å². The first-order valence-electron chi connectivity index (χ1n) is 10.5. The van der Waals surface area contributed by atoms with Crippen LogP contribution in [-0.2, 0) is 19.1 Å². The van der Waals surface area contributed by atoms with Crippen LogP contribution in [0.5, 0.6) is 5.75 Å². The maximum absolute atomic E-state index is 12.3. The first-order chi connectivity index (χ1) is 16.3. The summed E-state index contributed by atoms with van der Waals surface area (Å²) in [4.78, 5) is 32.1. The molecule has 4 atom stereocenters. The smallest absolute Gasteiger partial charge is 0.336 e. The molecule has 0 radical (unpaired) electrons. The minimum atomic E-state index is -1.85. The Labute approximate surface area is 196 Å². The van der Waals surface area contributed by atoms with Gasteiger partial charge in [-0.1, -0.05) is 24.3 Å². The number of hydrogen-bond acceptors (Lipinski definition) is 9. The normalized spacial score (nSPS) is 24.9. The monoisotopic (exact) mass is 470 g/mol.